The van der Waals surface area contributed by atoms with E-state index in [4.69, 9.17) is 5.53 Å². The second kappa shape index (κ2) is 1.81. The van der Waals surface area contributed by atoms with E-state index in [-0.39, 0.29) is 0 Å². The van der Waals surface area contributed by atoms with E-state index in [9.17, 15) is 4.79 Å². The van der Waals surface area contributed by atoms with E-state index in [1.807, 2.05) is 0 Å². The zero-order valence-corrected chi connectivity index (χ0v) is 3.94. The van der Waals surface area contributed by atoms with Gasteiger partial charge in [-0.15, -0.1) is 0 Å². The van der Waals surface area contributed by atoms with E-state index in [1.165, 1.54) is 0 Å². The fourth-order valence-electron chi connectivity index (χ4n) is 0.299. The number of carbonyl (C=O) groups is 1. The summed E-state index contributed by atoms with van der Waals surface area (Å²) in [6.07, 6.45) is -0.439. The van der Waals surface area contributed by atoms with Gasteiger partial charge in [-0.25, -0.2) is 0 Å². The Morgan fingerprint density at radius 2 is 2.62 bits per heavy atom. The zero-order valence-electron chi connectivity index (χ0n) is 3.94. The molecule has 0 aromatic carbocycles. The van der Waals surface area contributed by atoms with Crippen molar-refractivity contribution in [3.63, 3.8) is 0 Å². The molecular weight excluding hydrogens is 110 g/mol. The first-order chi connectivity index (χ1) is 3.84. The number of hydrogen-bond donors (Lipinski definition) is 0. The van der Waals surface area contributed by atoms with Crippen molar-refractivity contribution in [3.05, 3.63) is 10.4 Å². The minimum Gasteiger partial charge on any atom is -0.365 e. The predicted molar refractivity (Wildman–Crippen MR) is 23.9 cm³/mol. The lowest BCUT2D eigenvalue weighted by molar-refractivity contribution is -0.119. The maximum absolute atomic E-state index is 10.3. The Morgan fingerprint density at radius 1 is 2.00 bits per heavy atom. The molecule has 8 heavy (non-hydrogen) atoms. The molecule has 0 saturated carbocycles. The summed E-state index contributed by atoms with van der Waals surface area (Å²) in [5.74, 6) is -0.521. The van der Waals surface area contributed by atoms with Gasteiger partial charge in [0.25, 0.3) is 0 Å². The fraction of sp³-hybridized carbons (Fsp3) is 0.667. The standard InChI is InChI=1S/C3H3N3O2/c4-6-5-3(7)2-1-8-2/h2H,1H2. The summed E-state index contributed by atoms with van der Waals surface area (Å²) in [7, 11) is 0. The molecule has 0 aromatic heterocycles. The van der Waals surface area contributed by atoms with Crippen molar-refractivity contribution in [1.82, 2.24) is 0 Å². The molecule has 0 spiro atoms. The normalized spacial score (nSPS) is 23.8. The van der Waals surface area contributed by atoms with Crippen LogP contribution in [0.2, 0.25) is 0 Å². The molecule has 1 aliphatic heterocycles. The van der Waals surface area contributed by atoms with Gasteiger partial charge in [-0.1, -0.05) is 0 Å². The number of amides is 1. The molecule has 0 aromatic rings. The van der Waals surface area contributed by atoms with Crippen molar-refractivity contribution in [2.45, 2.75) is 6.10 Å². The molecule has 1 atom stereocenters. The molecule has 1 heterocycles. The summed E-state index contributed by atoms with van der Waals surface area (Å²) in [4.78, 5) is 12.6. The van der Waals surface area contributed by atoms with Crippen LogP contribution in [0.5, 0.6) is 0 Å². The maximum Gasteiger partial charge on any atom is 0.249 e. The van der Waals surface area contributed by atoms with Gasteiger partial charge in [0.05, 0.1) is 6.61 Å². The topological polar surface area (TPSA) is 78.4 Å². The summed E-state index contributed by atoms with van der Waals surface area (Å²) >= 11 is 0. The van der Waals surface area contributed by atoms with Crippen LogP contribution < -0.4 is 0 Å². The minimum atomic E-state index is -0.521. The molecular formula is C3H3N3O2. The van der Waals surface area contributed by atoms with Gasteiger partial charge in [0.15, 0.2) is 0 Å². The van der Waals surface area contributed by atoms with Crippen LogP contribution in [0, 0.1) is 0 Å². The van der Waals surface area contributed by atoms with Gasteiger partial charge in [0, 0.05) is 4.91 Å². The number of rotatable bonds is 1. The largest absolute Gasteiger partial charge is 0.365 e. The van der Waals surface area contributed by atoms with Crippen LogP contribution >= 0.6 is 0 Å². The highest BCUT2D eigenvalue weighted by Crippen LogP contribution is 2.09. The number of nitrogens with zero attached hydrogens (tertiary/aromatic N) is 3. The first-order valence-corrected chi connectivity index (χ1v) is 2.05. The van der Waals surface area contributed by atoms with Crippen LogP contribution in [0.3, 0.4) is 0 Å². The second-order valence-corrected chi connectivity index (χ2v) is 1.35. The molecule has 1 amide bonds. The van der Waals surface area contributed by atoms with Crippen LogP contribution in [0.15, 0.2) is 5.11 Å². The van der Waals surface area contributed by atoms with E-state index >= 15 is 0 Å². The van der Waals surface area contributed by atoms with Crippen molar-refractivity contribution in [3.8, 4) is 0 Å². The predicted octanol–water partition coefficient (Wildman–Crippen LogP) is 0.222. The van der Waals surface area contributed by atoms with Crippen LogP contribution in [0.4, 0.5) is 0 Å². The number of azide groups is 1. The number of ether oxygens (including phenoxy) is 1. The van der Waals surface area contributed by atoms with Gasteiger partial charge in [-0.05, 0) is 10.6 Å². The molecule has 5 heteroatoms. The Hall–Kier alpha value is -1.06. The first-order valence-electron chi connectivity index (χ1n) is 2.05. The summed E-state index contributed by atoms with van der Waals surface area (Å²) in [6.45, 7) is 0.401. The molecule has 0 radical (unpaired) electrons. The first kappa shape index (κ1) is 5.08. The van der Waals surface area contributed by atoms with Gasteiger partial charge >= 0.3 is 0 Å². The molecule has 0 bridgehead atoms. The fourth-order valence-corrected chi connectivity index (χ4v) is 0.299. The number of hydrogen-bond acceptors (Lipinski definition) is 2. The molecule has 1 saturated heterocycles. The Bertz CT molecular complexity index is 156. The Labute approximate surface area is 44.9 Å². The molecule has 1 aliphatic rings. The molecule has 1 rings (SSSR count). The second-order valence-electron chi connectivity index (χ2n) is 1.35. The maximum atomic E-state index is 10.3. The SMILES string of the molecule is [N-]=[N+]=NC(=O)C1CO1. The lowest BCUT2D eigenvalue weighted by Crippen LogP contribution is -1.99. The van der Waals surface area contributed by atoms with E-state index in [2.05, 4.69) is 14.8 Å². The van der Waals surface area contributed by atoms with Gasteiger partial charge in [-0.3, -0.25) is 4.79 Å². The molecule has 1 unspecified atom stereocenters. The van der Waals surface area contributed by atoms with E-state index < -0.39 is 12.0 Å². The highest BCUT2D eigenvalue weighted by Gasteiger charge is 2.29. The third-order valence-electron chi connectivity index (χ3n) is 0.752. The summed E-state index contributed by atoms with van der Waals surface area (Å²) in [6, 6.07) is 0. The third-order valence-corrected chi connectivity index (χ3v) is 0.752. The summed E-state index contributed by atoms with van der Waals surface area (Å²) in [5, 5.41) is 2.80. The van der Waals surface area contributed by atoms with Gasteiger partial charge in [0.1, 0.15) is 6.10 Å². The summed E-state index contributed by atoms with van der Waals surface area (Å²) < 4.78 is 4.51. The van der Waals surface area contributed by atoms with E-state index in [0.29, 0.717) is 6.61 Å². The monoisotopic (exact) mass is 113 g/mol. The average Bonchev–Trinajstić information content (AvgIpc) is 2.45. The lowest BCUT2D eigenvalue weighted by atomic mass is 10.5. The van der Waals surface area contributed by atoms with Gasteiger partial charge in [-0.2, -0.15) is 0 Å². The van der Waals surface area contributed by atoms with Crippen LogP contribution in [0.25, 0.3) is 10.4 Å². The molecule has 42 valence electrons. The number of epoxide rings is 1. The third kappa shape index (κ3) is 0.959. The van der Waals surface area contributed by atoms with Crippen molar-refractivity contribution >= 4 is 5.91 Å². The van der Waals surface area contributed by atoms with E-state index in [0.717, 1.165) is 0 Å². The van der Waals surface area contributed by atoms with Crippen LogP contribution in [-0.4, -0.2) is 18.6 Å². The summed E-state index contributed by atoms with van der Waals surface area (Å²) in [5.41, 5.74) is 7.70. The molecule has 1 fully saturated rings. The number of carbonyl (C=O) groups excluding carboxylic acids is 1. The Kier molecular flexibility index (Phi) is 1.15. The van der Waals surface area contributed by atoms with Crippen LogP contribution in [0.1, 0.15) is 0 Å². The van der Waals surface area contributed by atoms with Crippen molar-refractivity contribution in [2.24, 2.45) is 5.11 Å². The van der Waals surface area contributed by atoms with Crippen LogP contribution in [-0.2, 0) is 9.53 Å². The molecule has 0 N–H and O–H groups in total. The van der Waals surface area contributed by atoms with Crippen molar-refractivity contribution in [1.29, 1.82) is 0 Å². The van der Waals surface area contributed by atoms with Gasteiger partial charge in [0.2, 0.25) is 5.91 Å². The Balaban J connectivity index is 2.44. The quantitative estimate of drug-likeness (QED) is 0.211. The average molecular weight is 113 g/mol. The molecule has 0 aliphatic carbocycles. The smallest absolute Gasteiger partial charge is 0.249 e. The molecule has 5 nitrogen and oxygen atoms in total. The minimum absolute atomic E-state index is 0.401. The highest BCUT2D eigenvalue weighted by molar-refractivity contribution is 5.83. The lowest BCUT2D eigenvalue weighted by Gasteiger charge is -1.74. The van der Waals surface area contributed by atoms with E-state index in [1.54, 1.807) is 0 Å². The zero-order chi connectivity index (χ0) is 5.98. The Morgan fingerprint density at radius 3 is 3.00 bits per heavy atom. The highest BCUT2D eigenvalue weighted by atomic mass is 16.6. The van der Waals surface area contributed by atoms with Crippen molar-refractivity contribution in [2.75, 3.05) is 6.61 Å². The van der Waals surface area contributed by atoms with Gasteiger partial charge < -0.3 is 4.74 Å². The van der Waals surface area contributed by atoms with Crippen molar-refractivity contribution < 1.29 is 9.53 Å².